The van der Waals surface area contributed by atoms with E-state index in [0.717, 1.165) is 55.6 Å². The number of piperidine rings is 2. The van der Waals surface area contributed by atoms with Crippen molar-refractivity contribution in [3.8, 4) is 11.5 Å². The molecule has 0 atom stereocenters. The molecule has 0 radical (unpaired) electrons. The van der Waals surface area contributed by atoms with Gasteiger partial charge in [0.2, 0.25) is 5.95 Å². The number of alkyl halides is 2. The predicted molar refractivity (Wildman–Crippen MR) is 138 cm³/mol. The van der Waals surface area contributed by atoms with Crippen LogP contribution in [0.4, 0.5) is 20.5 Å². The van der Waals surface area contributed by atoms with Crippen molar-refractivity contribution in [1.82, 2.24) is 20.2 Å². The molecule has 3 aliphatic heterocycles. The van der Waals surface area contributed by atoms with Gasteiger partial charge < -0.3 is 29.9 Å². The van der Waals surface area contributed by atoms with Crippen LogP contribution in [0.25, 0.3) is 10.9 Å². The van der Waals surface area contributed by atoms with Gasteiger partial charge >= 0.3 is 0 Å². The molecule has 36 heavy (non-hydrogen) atoms. The minimum Gasteiger partial charge on any atom is -0.493 e. The molecule has 0 aliphatic carbocycles. The summed E-state index contributed by atoms with van der Waals surface area (Å²) in [5.74, 6) is -0.120. The second-order valence-corrected chi connectivity index (χ2v) is 10.2. The van der Waals surface area contributed by atoms with Crippen LogP contribution in [-0.2, 0) is 0 Å². The van der Waals surface area contributed by atoms with E-state index in [1.807, 2.05) is 17.0 Å². The standard InChI is InChI=1S/C26H38F2N6O2/c1-35-22-17-20-21(18-23(22)36-16-4-13-33-11-2-3-12-33)31-25(34-14-7-26(27,28)8-15-34)32-24(20)30-19-5-9-29-10-6-19/h17-19,29H,2-16H2,1H3,(H,30,31,32). The summed E-state index contributed by atoms with van der Waals surface area (Å²) < 4.78 is 39.4. The van der Waals surface area contributed by atoms with Gasteiger partial charge in [0, 0.05) is 50.0 Å². The molecule has 0 unspecified atom stereocenters. The molecule has 10 heteroatoms. The van der Waals surface area contributed by atoms with E-state index in [2.05, 4.69) is 15.5 Å². The number of nitrogens with one attached hydrogen (secondary N) is 2. The number of halogens is 2. The minimum atomic E-state index is -2.62. The first-order chi connectivity index (χ1) is 17.5. The molecule has 0 spiro atoms. The Balaban J connectivity index is 1.40. The second kappa shape index (κ2) is 11.3. The molecule has 5 rings (SSSR count). The molecular formula is C26H38F2N6O2. The fraction of sp³-hybridized carbons (Fsp3) is 0.692. The Morgan fingerprint density at radius 2 is 1.81 bits per heavy atom. The molecule has 2 N–H and O–H groups in total. The van der Waals surface area contributed by atoms with Crippen LogP contribution in [-0.4, -0.2) is 86.4 Å². The highest BCUT2D eigenvalue weighted by molar-refractivity contribution is 5.93. The van der Waals surface area contributed by atoms with Crippen molar-refractivity contribution in [2.24, 2.45) is 0 Å². The fourth-order valence-corrected chi connectivity index (χ4v) is 5.32. The summed E-state index contributed by atoms with van der Waals surface area (Å²) in [5, 5.41) is 7.84. The van der Waals surface area contributed by atoms with Crippen molar-refractivity contribution in [1.29, 1.82) is 0 Å². The maximum absolute atomic E-state index is 13.8. The van der Waals surface area contributed by atoms with Crippen molar-refractivity contribution in [3.05, 3.63) is 12.1 Å². The van der Waals surface area contributed by atoms with Gasteiger partial charge in [0.05, 0.1) is 19.2 Å². The molecule has 2 aromatic rings. The van der Waals surface area contributed by atoms with Gasteiger partial charge in [0.25, 0.3) is 5.92 Å². The molecule has 3 fully saturated rings. The second-order valence-electron chi connectivity index (χ2n) is 10.2. The zero-order valence-electron chi connectivity index (χ0n) is 21.2. The maximum Gasteiger partial charge on any atom is 0.251 e. The number of rotatable bonds is 9. The van der Waals surface area contributed by atoms with E-state index in [9.17, 15) is 8.78 Å². The zero-order valence-corrected chi connectivity index (χ0v) is 21.2. The Hall–Kier alpha value is -2.46. The third kappa shape index (κ3) is 6.08. The summed E-state index contributed by atoms with van der Waals surface area (Å²) in [7, 11) is 1.64. The average Bonchev–Trinajstić information content (AvgIpc) is 3.40. The van der Waals surface area contributed by atoms with Crippen LogP contribution in [0, 0.1) is 0 Å². The van der Waals surface area contributed by atoms with E-state index in [1.165, 1.54) is 25.9 Å². The zero-order chi connectivity index (χ0) is 25.0. The number of nitrogens with zero attached hydrogens (tertiary/aromatic N) is 4. The van der Waals surface area contributed by atoms with Crippen molar-refractivity contribution >= 4 is 22.7 Å². The van der Waals surface area contributed by atoms with Gasteiger partial charge in [0.1, 0.15) is 5.82 Å². The first-order valence-corrected chi connectivity index (χ1v) is 13.4. The smallest absolute Gasteiger partial charge is 0.251 e. The molecule has 8 nitrogen and oxygen atoms in total. The molecule has 0 bridgehead atoms. The van der Waals surface area contributed by atoms with Crippen LogP contribution in [0.2, 0.25) is 0 Å². The lowest BCUT2D eigenvalue weighted by atomic mass is 10.1. The van der Waals surface area contributed by atoms with Crippen molar-refractivity contribution in [3.63, 3.8) is 0 Å². The highest BCUT2D eigenvalue weighted by atomic mass is 19.3. The molecule has 4 heterocycles. The number of benzene rings is 1. The highest BCUT2D eigenvalue weighted by Gasteiger charge is 2.35. The monoisotopic (exact) mass is 504 g/mol. The summed E-state index contributed by atoms with van der Waals surface area (Å²) in [4.78, 5) is 14.0. The van der Waals surface area contributed by atoms with Crippen LogP contribution in [0.1, 0.15) is 44.9 Å². The van der Waals surface area contributed by atoms with Crippen LogP contribution in [0.5, 0.6) is 11.5 Å². The Labute approximate surface area is 211 Å². The normalized spacial score (nSPS) is 21.1. The van der Waals surface area contributed by atoms with E-state index >= 15 is 0 Å². The van der Waals surface area contributed by atoms with E-state index in [1.54, 1.807) is 7.11 Å². The summed E-state index contributed by atoms with van der Waals surface area (Å²) in [5.41, 5.74) is 0.726. The number of methoxy groups -OCH3 is 1. The van der Waals surface area contributed by atoms with Gasteiger partial charge in [-0.25, -0.2) is 13.8 Å². The molecule has 0 amide bonds. The molecular weight excluding hydrogens is 466 g/mol. The summed E-state index contributed by atoms with van der Waals surface area (Å²) in [6.45, 7) is 6.36. The van der Waals surface area contributed by atoms with E-state index in [0.29, 0.717) is 24.1 Å². The Kier molecular flexibility index (Phi) is 7.90. The number of anilines is 2. The van der Waals surface area contributed by atoms with Crippen LogP contribution >= 0.6 is 0 Å². The fourth-order valence-electron chi connectivity index (χ4n) is 5.32. The minimum absolute atomic E-state index is 0.181. The van der Waals surface area contributed by atoms with E-state index in [4.69, 9.17) is 19.4 Å². The van der Waals surface area contributed by atoms with Gasteiger partial charge in [-0.05, 0) is 64.3 Å². The number of ether oxygens (including phenoxy) is 2. The maximum atomic E-state index is 13.8. The molecule has 1 aromatic heterocycles. The largest absolute Gasteiger partial charge is 0.493 e. The van der Waals surface area contributed by atoms with Crippen molar-refractivity contribution < 1.29 is 18.3 Å². The Morgan fingerprint density at radius 3 is 2.53 bits per heavy atom. The van der Waals surface area contributed by atoms with Gasteiger partial charge in [-0.15, -0.1) is 0 Å². The third-order valence-electron chi connectivity index (χ3n) is 7.50. The van der Waals surface area contributed by atoms with Crippen LogP contribution < -0.4 is 25.0 Å². The number of hydrogen-bond acceptors (Lipinski definition) is 8. The molecule has 3 aliphatic rings. The summed E-state index contributed by atoms with van der Waals surface area (Å²) in [6.07, 6.45) is 5.13. The lowest BCUT2D eigenvalue weighted by Crippen LogP contribution is -2.40. The Morgan fingerprint density at radius 1 is 1.06 bits per heavy atom. The van der Waals surface area contributed by atoms with Gasteiger partial charge in [-0.1, -0.05) is 0 Å². The first-order valence-electron chi connectivity index (χ1n) is 13.4. The number of fused-ring (bicyclic) bond motifs is 1. The van der Waals surface area contributed by atoms with Gasteiger partial charge in [-0.3, -0.25) is 0 Å². The van der Waals surface area contributed by atoms with E-state index < -0.39 is 5.92 Å². The SMILES string of the molecule is COc1cc2c(NC3CCNCC3)nc(N3CCC(F)(F)CC3)nc2cc1OCCCN1CCCC1. The average molecular weight is 505 g/mol. The van der Waals surface area contributed by atoms with Gasteiger partial charge in [0.15, 0.2) is 11.5 Å². The van der Waals surface area contributed by atoms with Gasteiger partial charge in [-0.2, -0.15) is 4.98 Å². The predicted octanol–water partition coefficient (Wildman–Crippen LogP) is 3.90. The first kappa shape index (κ1) is 25.2. The highest BCUT2D eigenvalue weighted by Crippen LogP contribution is 2.37. The van der Waals surface area contributed by atoms with Crippen molar-refractivity contribution in [2.75, 3.05) is 69.7 Å². The topological polar surface area (TPSA) is 74.8 Å². The van der Waals surface area contributed by atoms with Crippen LogP contribution in [0.15, 0.2) is 12.1 Å². The van der Waals surface area contributed by atoms with Crippen LogP contribution in [0.3, 0.4) is 0 Å². The lowest BCUT2D eigenvalue weighted by Gasteiger charge is -2.32. The van der Waals surface area contributed by atoms with Crippen molar-refractivity contribution in [2.45, 2.75) is 56.9 Å². The lowest BCUT2D eigenvalue weighted by molar-refractivity contribution is -0.0222. The quantitative estimate of drug-likeness (QED) is 0.498. The summed E-state index contributed by atoms with van der Waals surface area (Å²) in [6, 6.07) is 4.12. The number of aromatic nitrogens is 2. The Bertz CT molecular complexity index is 1020. The molecule has 3 saturated heterocycles. The summed E-state index contributed by atoms with van der Waals surface area (Å²) >= 11 is 0. The van der Waals surface area contributed by atoms with E-state index in [-0.39, 0.29) is 32.0 Å². The molecule has 1 aromatic carbocycles. The molecule has 198 valence electrons. The third-order valence-corrected chi connectivity index (χ3v) is 7.50. The number of likely N-dealkylation sites (tertiary alicyclic amines) is 1. The molecule has 0 saturated carbocycles. The number of hydrogen-bond donors (Lipinski definition) is 2.